The Kier molecular flexibility index (Phi) is 4.31. The molecule has 6 nitrogen and oxygen atoms in total. The number of carboxylic acids is 1. The lowest BCUT2D eigenvalue weighted by atomic mass is 9.87. The summed E-state index contributed by atoms with van der Waals surface area (Å²) >= 11 is 1.27. The molecular weight excluding hydrogens is 362 g/mol. The van der Waals surface area contributed by atoms with Gasteiger partial charge in [-0.3, -0.25) is 4.79 Å². The molecule has 1 unspecified atom stereocenters. The zero-order valence-electron chi connectivity index (χ0n) is 14.8. The van der Waals surface area contributed by atoms with Gasteiger partial charge in [0.1, 0.15) is 9.71 Å². The van der Waals surface area contributed by atoms with Crippen molar-refractivity contribution in [2.45, 2.75) is 26.2 Å². The van der Waals surface area contributed by atoms with E-state index in [4.69, 9.17) is 15.8 Å². The van der Waals surface area contributed by atoms with Crippen LogP contribution in [0.3, 0.4) is 0 Å². The maximum absolute atomic E-state index is 12.7. The van der Waals surface area contributed by atoms with Crippen molar-refractivity contribution >= 4 is 44.8 Å². The second-order valence-corrected chi connectivity index (χ2v) is 7.98. The lowest BCUT2D eigenvalue weighted by Crippen LogP contribution is -2.13. The lowest BCUT2D eigenvalue weighted by molar-refractivity contribution is 0.0696. The number of hydrogen-bond acceptors (Lipinski definition) is 5. The molecule has 1 aromatic carbocycles. The molecule has 138 valence electrons. The Balaban J connectivity index is 1.67. The van der Waals surface area contributed by atoms with Crippen LogP contribution in [0.15, 0.2) is 30.3 Å². The van der Waals surface area contributed by atoms with Crippen molar-refractivity contribution in [2.24, 2.45) is 5.92 Å². The van der Waals surface area contributed by atoms with E-state index in [0.717, 1.165) is 35.2 Å². The summed E-state index contributed by atoms with van der Waals surface area (Å²) in [5.74, 6) is -0.776. The number of amides is 1. The number of carbonyl (C=O) groups excluding carboxylic acids is 1. The average Bonchev–Trinajstić information content (AvgIpc) is 2.96. The Morgan fingerprint density at radius 1 is 1.33 bits per heavy atom. The molecule has 4 rings (SSSR count). The molecule has 2 heterocycles. The second-order valence-electron chi connectivity index (χ2n) is 6.98. The number of fused-ring (bicyclic) bond motifs is 2. The van der Waals surface area contributed by atoms with Crippen molar-refractivity contribution in [1.29, 1.82) is 0 Å². The number of aromatic nitrogens is 1. The maximum Gasteiger partial charge on any atom is 0.335 e. The third-order valence-electron chi connectivity index (χ3n) is 4.91. The third kappa shape index (κ3) is 3.26. The number of nitrogens with one attached hydrogen (secondary N) is 1. The third-order valence-corrected chi connectivity index (χ3v) is 6.02. The van der Waals surface area contributed by atoms with Crippen LogP contribution in [0.4, 0.5) is 11.4 Å². The lowest BCUT2D eigenvalue weighted by Gasteiger charge is -2.20. The Morgan fingerprint density at radius 2 is 2.15 bits per heavy atom. The molecule has 1 aliphatic rings. The van der Waals surface area contributed by atoms with Crippen molar-refractivity contribution in [3.63, 3.8) is 0 Å². The first kappa shape index (κ1) is 17.5. The van der Waals surface area contributed by atoms with Crippen LogP contribution < -0.4 is 11.1 Å². The molecule has 2 aromatic heterocycles. The van der Waals surface area contributed by atoms with Crippen LogP contribution >= 0.6 is 11.3 Å². The first-order valence-electron chi connectivity index (χ1n) is 8.78. The predicted octanol–water partition coefficient (Wildman–Crippen LogP) is 3.95. The maximum atomic E-state index is 12.7. The van der Waals surface area contributed by atoms with Gasteiger partial charge >= 0.3 is 5.97 Å². The number of nitrogen functional groups attached to an aromatic ring is 1. The monoisotopic (exact) mass is 381 g/mol. The molecule has 1 aliphatic carbocycles. The van der Waals surface area contributed by atoms with Gasteiger partial charge in [-0.1, -0.05) is 13.0 Å². The van der Waals surface area contributed by atoms with E-state index in [2.05, 4.69) is 18.3 Å². The van der Waals surface area contributed by atoms with Gasteiger partial charge in [-0.25, -0.2) is 9.78 Å². The highest BCUT2D eigenvalue weighted by atomic mass is 32.1. The number of benzene rings is 1. The summed E-state index contributed by atoms with van der Waals surface area (Å²) in [4.78, 5) is 29.7. The van der Waals surface area contributed by atoms with E-state index < -0.39 is 5.97 Å². The molecule has 0 fully saturated rings. The molecule has 0 spiro atoms. The minimum Gasteiger partial charge on any atom is -0.478 e. The second kappa shape index (κ2) is 6.66. The van der Waals surface area contributed by atoms with E-state index in [1.807, 2.05) is 0 Å². The van der Waals surface area contributed by atoms with Gasteiger partial charge in [0.05, 0.1) is 11.3 Å². The first-order valence-corrected chi connectivity index (χ1v) is 9.59. The molecule has 7 heteroatoms. The summed E-state index contributed by atoms with van der Waals surface area (Å²) in [6.07, 6.45) is 3.06. The quantitative estimate of drug-likeness (QED) is 0.637. The summed E-state index contributed by atoms with van der Waals surface area (Å²) < 4.78 is 0. The Labute approximate surface area is 160 Å². The van der Waals surface area contributed by atoms with Gasteiger partial charge in [0, 0.05) is 16.8 Å². The molecule has 0 saturated carbocycles. The highest BCUT2D eigenvalue weighted by Crippen LogP contribution is 2.36. The molecule has 0 radical (unpaired) electrons. The highest BCUT2D eigenvalue weighted by molar-refractivity contribution is 7.21. The molecule has 3 aromatic rings. The van der Waals surface area contributed by atoms with Crippen molar-refractivity contribution in [1.82, 2.24) is 4.98 Å². The van der Waals surface area contributed by atoms with Crippen LogP contribution in [0.2, 0.25) is 0 Å². The van der Waals surface area contributed by atoms with Gasteiger partial charge in [0.15, 0.2) is 0 Å². The fourth-order valence-electron chi connectivity index (χ4n) is 3.46. The smallest absolute Gasteiger partial charge is 0.335 e. The molecule has 0 saturated heterocycles. The molecular formula is C20H19N3O3S. The van der Waals surface area contributed by atoms with Crippen LogP contribution in [0, 0.1) is 5.92 Å². The number of thiophene rings is 1. The van der Waals surface area contributed by atoms with E-state index in [1.54, 1.807) is 12.1 Å². The number of aromatic carboxylic acids is 1. The zero-order valence-corrected chi connectivity index (χ0v) is 15.6. The predicted molar refractivity (Wildman–Crippen MR) is 107 cm³/mol. The summed E-state index contributed by atoms with van der Waals surface area (Å²) in [5.41, 5.74) is 9.52. The van der Waals surface area contributed by atoms with E-state index in [-0.39, 0.29) is 11.5 Å². The molecule has 0 bridgehead atoms. The standard InChI is InChI=1S/C20H19N3O3S/c1-10-5-6-15-12(7-10)9-14-16(21)17(27-19(14)23-15)18(24)22-13-4-2-3-11(8-13)20(25)26/h2-4,8-10H,5-7,21H2,1H3,(H,22,24)(H,25,26). The molecule has 0 aliphatic heterocycles. The number of carbonyl (C=O) groups is 2. The summed E-state index contributed by atoms with van der Waals surface area (Å²) in [6.45, 7) is 2.23. The summed E-state index contributed by atoms with van der Waals surface area (Å²) in [5, 5.41) is 12.6. The minimum absolute atomic E-state index is 0.112. The van der Waals surface area contributed by atoms with Crippen LogP contribution in [-0.4, -0.2) is 22.0 Å². The van der Waals surface area contributed by atoms with Crippen molar-refractivity contribution in [3.05, 3.63) is 52.0 Å². The summed E-state index contributed by atoms with van der Waals surface area (Å²) in [6, 6.07) is 8.20. The zero-order chi connectivity index (χ0) is 19.1. The molecule has 27 heavy (non-hydrogen) atoms. The number of anilines is 2. The van der Waals surface area contributed by atoms with Gasteiger partial charge in [0.2, 0.25) is 0 Å². The highest BCUT2D eigenvalue weighted by Gasteiger charge is 2.22. The fraction of sp³-hybridized carbons (Fsp3) is 0.250. The normalized spacial score (nSPS) is 16.1. The molecule has 4 N–H and O–H groups in total. The van der Waals surface area contributed by atoms with Crippen LogP contribution in [-0.2, 0) is 12.8 Å². The fourth-order valence-corrected chi connectivity index (χ4v) is 4.45. The Morgan fingerprint density at radius 3 is 2.93 bits per heavy atom. The molecule has 1 atom stereocenters. The van der Waals surface area contributed by atoms with E-state index in [9.17, 15) is 9.59 Å². The van der Waals surface area contributed by atoms with E-state index >= 15 is 0 Å². The average molecular weight is 381 g/mol. The minimum atomic E-state index is -1.04. The van der Waals surface area contributed by atoms with Crippen molar-refractivity contribution in [2.75, 3.05) is 11.1 Å². The van der Waals surface area contributed by atoms with Gasteiger partial charge in [0.25, 0.3) is 5.91 Å². The Hall–Kier alpha value is -2.93. The van der Waals surface area contributed by atoms with Gasteiger partial charge in [-0.15, -0.1) is 11.3 Å². The van der Waals surface area contributed by atoms with Crippen LogP contribution in [0.1, 0.15) is 44.6 Å². The summed E-state index contributed by atoms with van der Waals surface area (Å²) in [7, 11) is 0. The van der Waals surface area contributed by atoms with Crippen LogP contribution in [0.5, 0.6) is 0 Å². The molecule has 1 amide bonds. The van der Waals surface area contributed by atoms with Crippen LogP contribution in [0.25, 0.3) is 10.2 Å². The topological polar surface area (TPSA) is 105 Å². The Bertz CT molecular complexity index is 1070. The van der Waals surface area contributed by atoms with E-state index in [0.29, 0.717) is 22.2 Å². The van der Waals surface area contributed by atoms with Gasteiger partial charge < -0.3 is 16.2 Å². The van der Waals surface area contributed by atoms with Crippen molar-refractivity contribution in [3.8, 4) is 0 Å². The van der Waals surface area contributed by atoms with Gasteiger partial charge in [-0.05, 0) is 55.0 Å². The SMILES string of the molecule is CC1CCc2nc3sc(C(=O)Nc4cccc(C(=O)O)c4)c(N)c3cc2C1. The number of nitrogens with two attached hydrogens (primary N) is 1. The number of nitrogens with zero attached hydrogens (tertiary/aromatic N) is 1. The number of rotatable bonds is 3. The first-order chi connectivity index (χ1) is 12.9. The van der Waals surface area contributed by atoms with Gasteiger partial charge in [-0.2, -0.15) is 0 Å². The largest absolute Gasteiger partial charge is 0.478 e. The number of aryl methyl sites for hydroxylation is 1. The number of pyridine rings is 1. The number of hydrogen-bond donors (Lipinski definition) is 3. The number of carboxylic acid groups (broad SMARTS) is 1. The van der Waals surface area contributed by atoms with Crippen molar-refractivity contribution < 1.29 is 14.7 Å². The van der Waals surface area contributed by atoms with E-state index in [1.165, 1.54) is 29.0 Å².